The molecule has 4 aliphatic rings. The molecule has 1 heterocycles. The lowest BCUT2D eigenvalue weighted by Crippen LogP contribution is -2.61. The van der Waals surface area contributed by atoms with Crippen molar-refractivity contribution < 1.29 is 4.79 Å². The highest BCUT2D eigenvalue weighted by Crippen LogP contribution is 2.56. The van der Waals surface area contributed by atoms with Crippen LogP contribution in [-0.2, 0) is 11.8 Å². The molecule has 128 valence electrons. The van der Waals surface area contributed by atoms with Gasteiger partial charge in [0.15, 0.2) is 5.78 Å². The number of rotatable bonds is 3. The van der Waals surface area contributed by atoms with E-state index >= 15 is 0 Å². The summed E-state index contributed by atoms with van der Waals surface area (Å²) in [5.74, 6) is 2.03. The van der Waals surface area contributed by atoms with Crippen LogP contribution in [0, 0.1) is 11.8 Å². The molecule has 3 atom stereocenters. The van der Waals surface area contributed by atoms with Gasteiger partial charge in [0.2, 0.25) is 0 Å². The van der Waals surface area contributed by atoms with Crippen LogP contribution in [0.2, 0.25) is 0 Å². The Balaban J connectivity index is 1.58. The summed E-state index contributed by atoms with van der Waals surface area (Å²) in [5.41, 5.74) is 4.40. The Hall–Kier alpha value is -1.15. The summed E-state index contributed by atoms with van der Waals surface area (Å²) in [6.07, 6.45) is 11.0. The fraction of sp³-hybridized carbons (Fsp3) is 0.682. The minimum atomic E-state index is 0.217. The number of nitrogens with zero attached hydrogens (tertiary/aromatic N) is 1. The fourth-order valence-electron chi connectivity index (χ4n) is 6.16. The Morgan fingerprint density at radius 2 is 2.08 bits per heavy atom. The molecular formula is C22H29NO. The first-order valence-electron chi connectivity index (χ1n) is 10.1. The Labute approximate surface area is 145 Å². The molecule has 0 aromatic heterocycles. The summed E-state index contributed by atoms with van der Waals surface area (Å²) in [5, 5.41) is 0. The zero-order valence-electron chi connectivity index (χ0n) is 14.9. The van der Waals surface area contributed by atoms with Gasteiger partial charge in [-0.05, 0) is 81.0 Å². The van der Waals surface area contributed by atoms with E-state index in [1.54, 1.807) is 18.1 Å². The maximum Gasteiger partial charge on any atom is 0.159 e. The molecule has 0 amide bonds. The van der Waals surface area contributed by atoms with Crippen LogP contribution in [0.3, 0.4) is 0 Å². The SMILES string of the molecule is CC(=O)c1ccc2c(c1)[C@@]13CCCC[C@H]1[C@H](C2)N(CC1CC1)CC3. The van der Waals surface area contributed by atoms with E-state index in [4.69, 9.17) is 0 Å². The molecule has 24 heavy (non-hydrogen) atoms. The van der Waals surface area contributed by atoms with E-state index in [9.17, 15) is 4.79 Å². The van der Waals surface area contributed by atoms with Crippen molar-refractivity contribution in [2.24, 2.45) is 11.8 Å². The molecule has 0 radical (unpaired) electrons. The highest BCUT2D eigenvalue weighted by molar-refractivity contribution is 5.94. The number of ketones is 1. The van der Waals surface area contributed by atoms with Crippen LogP contribution < -0.4 is 0 Å². The standard InChI is InChI=1S/C22H29NO/c1-15(24)17-7-8-18-13-21-19-4-2-3-9-22(19,20(18)12-17)10-11-23(21)14-16-5-6-16/h7-8,12,16,19,21H,2-6,9-11,13-14H2,1H3/t19-,21-,22+/m0/s1. The highest BCUT2D eigenvalue weighted by atomic mass is 16.1. The number of carbonyl (C=O) groups excluding carboxylic acids is 1. The topological polar surface area (TPSA) is 20.3 Å². The minimum Gasteiger partial charge on any atom is -0.299 e. The maximum atomic E-state index is 11.9. The highest BCUT2D eigenvalue weighted by Gasteiger charge is 2.54. The number of fused-ring (bicyclic) bond motifs is 1. The molecule has 5 rings (SSSR count). The molecular weight excluding hydrogens is 294 g/mol. The largest absolute Gasteiger partial charge is 0.299 e. The lowest BCUT2D eigenvalue weighted by atomic mass is 9.52. The van der Waals surface area contributed by atoms with Crippen LogP contribution in [0.5, 0.6) is 0 Å². The van der Waals surface area contributed by atoms with Crippen molar-refractivity contribution in [2.75, 3.05) is 13.1 Å². The first-order valence-corrected chi connectivity index (χ1v) is 10.1. The van der Waals surface area contributed by atoms with E-state index in [0.717, 1.165) is 23.4 Å². The Bertz CT molecular complexity index is 677. The van der Waals surface area contributed by atoms with Crippen LogP contribution in [0.4, 0.5) is 0 Å². The zero-order chi connectivity index (χ0) is 16.3. The van der Waals surface area contributed by atoms with Crippen LogP contribution >= 0.6 is 0 Å². The van der Waals surface area contributed by atoms with Crippen molar-refractivity contribution in [3.8, 4) is 0 Å². The molecule has 2 heteroatoms. The summed E-state index contributed by atoms with van der Waals surface area (Å²) in [6.45, 7) is 4.33. The van der Waals surface area contributed by atoms with Gasteiger partial charge in [-0.2, -0.15) is 0 Å². The summed E-state index contributed by atoms with van der Waals surface area (Å²) < 4.78 is 0. The van der Waals surface area contributed by atoms with Crippen molar-refractivity contribution in [3.63, 3.8) is 0 Å². The predicted molar refractivity (Wildman–Crippen MR) is 96.5 cm³/mol. The first kappa shape index (κ1) is 15.1. The number of Topliss-reactive ketones (excluding diaryl/α,β-unsaturated/α-hetero) is 1. The molecule has 2 saturated carbocycles. The molecule has 1 saturated heterocycles. The van der Waals surface area contributed by atoms with Crippen molar-refractivity contribution in [1.82, 2.24) is 4.90 Å². The maximum absolute atomic E-state index is 11.9. The van der Waals surface area contributed by atoms with Crippen molar-refractivity contribution in [2.45, 2.75) is 69.7 Å². The molecule has 0 N–H and O–H groups in total. The van der Waals surface area contributed by atoms with Crippen LogP contribution in [0.25, 0.3) is 0 Å². The Kier molecular flexibility index (Phi) is 3.42. The van der Waals surface area contributed by atoms with Gasteiger partial charge in [0.05, 0.1) is 0 Å². The van der Waals surface area contributed by atoms with Gasteiger partial charge in [-0.1, -0.05) is 25.0 Å². The second-order valence-electron chi connectivity index (χ2n) is 8.90. The van der Waals surface area contributed by atoms with Gasteiger partial charge in [0, 0.05) is 23.6 Å². The number of hydrogen-bond acceptors (Lipinski definition) is 2. The molecule has 3 fully saturated rings. The van der Waals surface area contributed by atoms with Crippen molar-refractivity contribution in [3.05, 3.63) is 34.9 Å². The first-order chi connectivity index (χ1) is 11.7. The molecule has 1 aliphatic heterocycles. The van der Waals surface area contributed by atoms with E-state index in [-0.39, 0.29) is 5.78 Å². The monoisotopic (exact) mass is 323 g/mol. The molecule has 1 aromatic carbocycles. The molecule has 2 bridgehead atoms. The average Bonchev–Trinajstić information content (AvgIpc) is 3.41. The normalized spacial score (nSPS) is 35.2. The van der Waals surface area contributed by atoms with Gasteiger partial charge in [-0.3, -0.25) is 9.69 Å². The third kappa shape index (κ3) is 2.22. The predicted octanol–water partition coefficient (Wildman–Crippen LogP) is 4.36. The van der Waals surface area contributed by atoms with Crippen molar-refractivity contribution in [1.29, 1.82) is 0 Å². The summed E-state index contributed by atoms with van der Waals surface area (Å²) in [6, 6.07) is 7.40. The Morgan fingerprint density at radius 1 is 1.21 bits per heavy atom. The number of likely N-dealkylation sites (tertiary alicyclic amines) is 1. The van der Waals surface area contributed by atoms with Crippen molar-refractivity contribution >= 4 is 5.78 Å². The van der Waals surface area contributed by atoms with Gasteiger partial charge in [-0.15, -0.1) is 0 Å². The van der Waals surface area contributed by atoms with Gasteiger partial charge < -0.3 is 0 Å². The van der Waals surface area contributed by atoms with Crippen LogP contribution in [0.1, 0.15) is 73.4 Å². The number of piperidine rings is 1. The van der Waals surface area contributed by atoms with E-state index < -0.39 is 0 Å². The fourth-order valence-corrected chi connectivity index (χ4v) is 6.16. The second kappa shape index (κ2) is 5.42. The summed E-state index contributed by atoms with van der Waals surface area (Å²) in [4.78, 5) is 14.8. The van der Waals surface area contributed by atoms with Gasteiger partial charge in [-0.25, -0.2) is 0 Å². The van der Waals surface area contributed by atoms with E-state index in [1.807, 2.05) is 0 Å². The smallest absolute Gasteiger partial charge is 0.159 e. The lowest BCUT2D eigenvalue weighted by Gasteiger charge is -2.59. The van der Waals surface area contributed by atoms with E-state index in [1.165, 1.54) is 64.5 Å². The summed E-state index contributed by atoms with van der Waals surface area (Å²) in [7, 11) is 0. The average molecular weight is 323 g/mol. The third-order valence-corrected chi connectivity index (χ3v) is 7.55. The second-order valence-corrected chi connectivity index (χ2v) is 8.90. The number of carbonyl (C=O) groups is 1. The lowest BCUT2D eigenvalue weighted by molar-refractivity contribution is -0.0133. The van der Waals surface area contributed by atoms with Gasteiger partial charge in [0.25, 0.3) is 0 Å². The molecule has 1 aromatic rings. The van der Waals surface area contributed by atoms with E-state index in [0.29, 0.717) is 5.41 Å². The van der Waals surface area contributed by atoms with E-state index in [2.05, 4.69) is 23.1 Å². The molecule has 0 unspecified atom stereocenters. The van der Waals surface area contributed by atoms with Gasteiger partial charge >= 0.3 is 0 Å². The van der Waals surface area contributed by atoms with Crippen LogP contribution in [0.15, 0.2) is 18.2 Å². The molecule has 2 nitrogen and oxygen atoms in total. The third-order valence-electron chi connectivity index (χ3n) is 7.55. The minimum absolute atomic E-state index is 0.217. The van der Waals surface area contributed by atoms with Crippen LogP contribution in [-0.4, -0.2) is 29.8 Å². The summed E-state index contributed by atoms with van der Waals surface area (Å²) >= 11 is 0. The quantitative estimate of drug-likeness (QED) is 0.770. The molecule has 0 spiro atoms. The number of hydrogen-bond donors (Lipinski definition) is 0. The number of benzene rings is 1. The van der Waals surface area contributed by atoms with Gasteiger partial charge in [0.1, 0.15) is 0 Å². The zero-order valence-corrected chi connectivity index (χ0v) is 14.9. The molecule has 3 aliphatic carbocycles. The Morgan fingerprint density at radius 3 is 2.88 bits per heavy atom.